The van der Waals surface area contributed by atoms with Crippen molar-refractivity contribution in [3.05, 3.63) is 5.82 Å². The summed E-state index contributed by atoms with van der Waals surface area (Å²) in [5, 5.41) is 8.76. The van der Waals surface area contributed by atoms with Gasteiger partial charge in [0.15, 0.2) is 5.16 Å². The highest BCUT2D eigenvalue weighted by atomic mass is 32.2. The molecule has 1 rings (SSSR count). The molecule has 0 aliphatic heterocycles. The predicted molar refractivity (Wildman–Crippen MR) is 79.4 cm³/mol. The number of rotatable bonds is 9. The van der Waals surface area contributed by atoms with Crippen molar-refractivity contribution in [3.63, 3.8) is 0 Å². The first kappa shape index (κ1) is 17.0. The zero-order chi connectivity index (χ0) is 15.0. The number of aromatic nitrogens is 3. The minimum absolute atomic E-state index is 0.181. The molecule has 0 aliphatic carbocycles. The van der Waals surface area contributed by atoms with Crippen molar-refractivity contribution < 1.29 is 9.53 Å². The molecule has 0 bridgehead atoms. The number of nitrogens with two attached hydrogens (primary N) is 1. The van der Waals surface area contributed by atoms with Gasteiger partial charge >= 0.3 is 5.97 Å². The van der Waals surface area contributed by atoms with Gasteiger partial charge in [0.25, 0.3) is 0 Å². The van der Waals surface area contributed by atoms with Gasteiger partial charge in [0.2, 0.25) is 0 Å². The molecule has 1 unspecified atom stereocenters. The number of ether oxygens (including phenoxy) is 1. The van der Waals surface area contributed by atoms with Gasteiger partial charge in [-0.25, -0.2) is 0 Å². The molecule has 0 spiro atoms. The molecule has 1 atom stereocenters. The summed E-state index contributed by atoms with van der Waals surface area (Å²) in [6, 6.07) is 0. The van der Waals surface area contributed by atoms with E-state index in [9.17, 15) is 4.79 Å². The molecule has 2 N–H and O–H groups in total. The van der Waals surface area contributed by atoms with Gasteiger partial charge in [-0.2, -0.15) is 0 Å². The molecule has 0 saturated heterocycles. The first-order chi connectivity index (χ1) is 9.67. The normalized spacial score (nSPS) is 12.4. The maximum absolute atomic E-state index is 12.0. The molecular weight excluding hydrogens is 276 g/mol. The molecule has 1 heterocycles. The van der Waals surface area contributed by atoms with E-state index in [1.807, 2.05) is 11.5 Å². The highest BCUT2D eigenvalue weighted by molar-refractivity contribution is 8.00. The van der Waals surface area contributed by atoms with Crippen LogP contribution >= 0.6 is 11.8 Å². The Hall–Kier alpha value is -1.08. The number of thioether (sulfide) groups is 1. The van der Waals surface area contributed by atoms with Crippen LogP contribution in [0.4, 0.5) is 0 Å². The Labute approximate surface area is 124 Å². The van der Waals surface area contributed by atoms with Crippen LogP contribution in [0.1, 0.15) is 45.9 Å². The van der Waals surface area contributed by atoms with Crippen LogP contribution in [0, 0.1) is 0 Å². The molecule has 114 valence electrons. The average molecular weight is 300 g/mol. The minimum Gasteiger partial charge on any atom is -0.465 e. The molecule has 6 nitrogen and oxygen atoms in total. The van der Waals surface area contributed by atoms with Gasteiger partial charge in [0.1, 0.15) is 11.1 Å². The van der Waals surface area contributed by atoms with Crippen molar-refractivity contribution in [2.24, 2.45) is 5.73 Å². The van der Waals surface area contributed by atoms with Crippen LogP contribution in [0.25, 0.3) is 0 Å². The van der Waals surface area contributed by atoms with E-state index in [0.29, 0.717) is 13.2 Å². The van der Waals surface area contributed by atoms with Crippen LogP contribution < -0.4 is 5.73 Å². The molecule has 0 aliphatic rings. The van der Waals surface area contributed by atoms with Crippen molar-refractivity contribution in [2.75, 3.05) is 6.61 Å². The summed E-state index contributed by atoms with van der Waals surface area (Å²) in [5.41, 5.74) is 5.67. The molecule has 1 aromatic rings. The van der Waals surface area contributed by atoms with Crippen molar-refractivity contribution in [1.29, 1.82) is 0 Å². The number of hydrogen-bond acceptors (Lipinski definition) is 6. The van der Waals surface area contributed by atoms with E-state index in [1.54, 1.807) is 0 Å². The first-order valence-electron chi connectivity index (χ1n) is 7.13. The van der Waals surface area contributed by atoms with Crippen LogP contribution in [0.2, 0.25) is 0 Å². The second kappa shape index (κ2) is 8.97. The summed E-state index contributed by atoms with van der Waals surface area (Å²) in [5.74, 6) is 0.577. The summed E-state index contributed by atoms with van der Waals surface area (Å²) in [6.07, 6.45) is 2.65. The molecule has 0 saturated carbocycles. The Morgan fingerprint density at radius 1 is 1.35 bits per heavy atom. The topological polar surface area (TPSA) is 83.0 Å². The Morgan fingerprint density at radius 3 is 2.65 bits per heavy atom. The molecule has 0 fully saturated rings. The number of carbonyl (C=O) groups excluding carboxylic acids is 1. The lowest BCUT2D eigenvalue weighted by Crippen LogP contribution is -2.21. The third-order valence-corrected chi connectivity index (χ3v) is 4.00. The Kier molecular flexibility index (Phi) is 7.61. The van der Waals surface area contributed by atoms with Gasteiger partial charge in [0.05, 0.1) is 13.2 Å². The minimum atomic E-state index is -0.231. The van der Waals surface area contributed by atoms with Gasteiger partial charge in [-0.05, 0) is 19.8 Å². The fraction of sp³-hybridized carbons (Fsp3) is 0.769. The lowest BCUT2D eigenvalue weighted by atomic mass is 10.2. The second-order valence-corrected chi connectivity index (χ2v) is 5.57. The standard InChI is InChI=1S/C13H24N4O2S/c1-4-7-10(12(18)19-6-3)20-13-16-15-11(9-14)17(13)8-5-2/h10H,4-9,14H2,1-3H3. The molecule has 20 heavy (non-hydrogen) atoms. The quantitative estimate of drug-likeness (QED) is 0.554. The highest BCUT2D eigenvalue weighted by Gasteiger charge is 2.23. The number of hydrogen-bond donors (Lipinski definition) is 1. The molecule has 0 aromatic carbocycles. The van der Waals surface area contributed by atoms with Gasteiger partial charge in [0, 0.05) is 6.54 Å². The van der Waals surface area contributed by atoms with E-state index in [2.05, 4.69) is 24.0 Å². The third kappa shape index (κ3) is 4.49. The zero-order valence-corrected chi connectivity index (χ0v) is 13.3. The number of nitrogens with zero attached hydrogens (tertiary/aromatic N) is 3. The summed E-state index contributed by atoms with van der Waals surface area (Å²) in [6.45, 7) is 7.51. The number of esters is 1. The molecule has 1 aromatic heterocycles. The van der Waals surface area contributed by atoms with Crippen molar-refractivity contribution in [3.8, 4) is 0 Å². The van der Waals surface area contributed by atoms with E-state index in [0.717, 1.165) is 36.8 Å². The van der Waals surface area contributed by atoms with Gasteiger partial charge in [-0.15, -0.1) is 10.2 Å². The monoisotopic (exact) mass is 300 g/mol. The summed E-state index contributed by atoms with van der Waals surface area (Å²) >= 11 is 1.42. The molecule has 0 radical (unpaired) electrons. The van der Waals surface area contributed by atoms with Crippen LogP contribution in [-0.2, 0) is 22.6 Å². The van der Waals surface area contributed by atoms with Crippen molar-refractivity contribution in [1.82, 2.24) is 14.8 Å². The largest absolute Gasteiger partial charge is 0.465 e. The fourth-order valence-electron chi connectivity index (χ4n) is 1.85. The molecule has 0 amide bonds. The Bertz CT molecular complexity index is 423. The SMILES string of the molecule is CCCC(Sc1nnc(CN)n1CCC)C(=O)OCC. The Balaban J connectivity index is 2.87. The lowest BCUT2D eigenvalue weighted by molar-refractivity contribution is -0.142. The van der Waals surface area contributed by atoms with Crippen LogP contribution in [0.5, 0.6) is 0 Å². The predicted octanol–water partition coefficient (Wildman–Crippen LogP) is 1.97. The zero-order valence-electron chi connectivity index (χ0n) is 12.5. The third-order valence-electron chi connectivity index (χ3n) is 2.77. The molecule has 7 heteroatoms. The summed E-state index contributed by atoms with van der Waals surface area (Å²) in [7, 11) is 0. The van der Waals surface area contributed by atoms with E-state index < -0.39 is 0 Å². The highest BCUT2D eigenvalue weighted by Crippen LogP contribution is 2.26. The van der Waals surface area contributed by atoms with E-state index in [4.69, 9.17) is 10.5 Å². The van der Waals surface area contributed by atoms with Crippen molar-refractivity contribution >= 4 is 17.7 Å². The first-order valence-corrected chi connectivity index (χ1v) is 8.01. The van der Waals surface area contributed by atoms with E-state index in [1.165, 1.54) is 11.8 Å². The fourth-order valence-corrected chi connectivity index (χ4v) is 3.04. The summed E-state index contributed by atoms with van der Waals surface area (Å²) in [4.78, 5) is 12.0. The Morgan fingerprint density at radius 2 is 2.10 bits per heavy atom. The summed E-state index contributed by atoms with van der Waals surface area (Å²) < 4.78 is 7.11. The maximum Gasteiger partial charge on any atom is 0.319 e. The van der Waals surface area contributed by atoms with Crippen molar-refractivity contribution in [2.45, 2.75) is 63.5 Å². The van der Waals surface area contributed by atoms with E-state index >= 15 is 0 Å². The van der Waals surface area contributed by atoms with Gasteiger partial charge in [-0.1, -0.05) is 32.0 Å². The average Bonchev–Trinajstić information content (AvgIpc) is 2.81. The lowest BCUT2D eigenvalue weighted by Gasteiger charge is -2.14. The maximum atomic E-state index is 12.0. The smallest absolute Gasteiger partial charge is 0.319 e. The molecular formula is C13H24N4O2S. The number of carbonyl (C=O) groups is 1. The van der Waals surface area contributed by atoms with Crippen LogP contribution in [-0.4, -0.2) is 32.6 Å². The van der Waals surface area contributed by atoms with Gasteiger partial charge < -0.3 is 15.0 Å². The van der Waals surface area contributed by atoms with Crippen LogP contribution in [0.15, 0.2) is 5.16 Å². The van der Waals surface area contributed by atoms with Gasteiger partial charge in [-0.3, -0.25) is 4.79 Å². The van der Waals surface area contributed by atoms with Crippen LogP contribution in [0.3, 0.4) is 0 Å². The second-order valence-electron chi connectivity index (χ2n) is 4.40. The van der Waals surface area contributed by atoms with E-state index in [-0.39, 0.29) is 11.2 Å².